The summed E-state index contributed by atoms with van der Waals surface area (Å²) in [6.07, 6.45) is 5.81. The Bertz CT molecular complexity index is 393. The number of hydrogen-bond donors (Lipinski definition) is 2. The smallest absolute Gasteiger partial charge is 0.0715 e. The number of rotatable bonds is 5. The first-order chi connectivity index (χ1) is 8.65. The molecule has 0 radical (unpaired) electrons. The van der Waals surface area contributed by atoms with Gasteiger partial charge in [0.1, 0.15) is 0 Å². The van der Waals surface area contributed by atoms with E-state index in [2.05, 4.69) is 21.2 Å². The zero-order valence-electron chi connectivity index (χ0n) is 10.3. The van der Waals surface area contributed by atoms with Gasteiger partial charge in [0.05, 0.1) is 16.8 Å². The number of nitrogens with one attached hydrogen (secondary N) is 1. The lowest BCUT2D eigenvalue weighted by Gasteiger charge is -2.17. The third kappa shape index (κ3) is 4.15. The maximum atomic E-state index is 10.0. The molecule has 0 spiro atoms. The largest absolute Gasteiger partial charge is 0.391 e. The lowest BCUT2D eigenvalue weighted by Crippen LogP contribution is -2.22. The summed E-state index contributed by atoms with van der Waals surface area (Å²) in [5, 5.41) is 13.9. The summed E-state index contributed by atoms with van der Waals surface area (Å²) in [6.45, 7) is 0.567. The van der Waals surface area contributed by atoms with Crippen molar-refractivity contribution in [3.63, 3.8) is 0 Å². The monoisotopic (exact) mass is 331 g/mol. The van der Waals surface area contributed by atoms with E-state index in [4.69, 9.17) is 11.6 Å². The van der Waals surface area contributed by atoms with Crippen molar-refractivity contribution in [1.29, 1.82) is 0 Å². The Balaban J connectivity index is 1.79. The number of benzene rings is 1. The summed E-state index contributed by atoms with van der Waals surface area (Å²) >= 11 is 9.48. The molecule has 0 bridgehead atoms. The molecule has 0 aliphatic heterocycles. The predicted molar refractivity (Wildman–Crippen MR) is 80.2 cm³/mol. The molecule has 0 saturated heterocycles. The highest BCUT2D eigenvalue weighted by Crippen LogP contribution is 2.29. The summed E-state index contributed by atoms with van der Waals surface area (Å²) in [4.78, 5) is 0. The van der Waals surface area contributed by atoms with Gasteiger partial charge in [-0.25, -0.2) is 0 Å². The summed E-state index contributed by atoms with van der Waals surface area (Å²) in [5.74, 6) is 0.710. The molecule has 1 atom stereocenters. The standard InChI is InChI=1S/C14H19BrClNO/c15-11-5-6-14(13(16)8-11)17-9-12(18)7-10-3-1-2-4-10/h5-6,8,10,12,17-18H,1-4,7,9H2. The second-order valence-electron chi connectivity index (χ2n) is 5.05. The summed E-state index contributed by atoms with van der Waals surface area (Å²) in [6, 6.07) is 5.72. The Kier molecular flexibility index (Phi) is 5.34. The maximum absolute atomic E-state index is 10.0. The molecule has 1 aromatic rings. The van der Waals surface area contributed by atoms with Gasteiger partial charge in [0, 0.05) is 11.0 Å². The van der Waals surface area contributed by atoms with Crippen molar-refractivity contribution in [3.8, 4) is 0 Å². The first-order valence-corrected chi connectivity index (χ1v) is 7.69. The number of hydrogen-bond acceptors (Lipinski definition) is 2. The van der Waals surface area contributed by atoms with Gasteiger partial charge < -0.3 is 10.4 Å². The van der Waals surface area contributed by atoms with Crippen LogP contribution in [0, 0.1) is 5.92 Å². The van der Waals surface area contributed by atoms with Crippen molar-refractivity contribution in [2.24, 2.45) is 5.92 Å². The van der Waals surface area contributed by atoms with E-state index in [-0.39, 0.29) is 6.10 Å². The molecule has 4 heteroatoms. The second-order valence-corrected chi connectivity index (χ2v) is 6.37. The molecular weight excluding hydrogens is 314 g/mol. The van der Waals surface area contributed by atoms with Crippen LogP contribution in [0.15, 0.2) is 22.7 Å². The molecule has 0 aromatic heterocycles. The molecule has 1 unspecified atom stereocenters. The molecule has 1 saturated carbocycles. The van der Waals surface area contributed by atoms with Crippen LogP contribution in [0.4, 0.5) is 5.69 Å². The van der Waals surface area contributed by atoms with Crippen LogP contribution in [0.1, 0.15) is 32.1 Å². The van der Waals surface area contributed by atoms with Crippen molar-refractivity contribution in [2.45, 2.75) is 38.2 Å². The Labute approximate surface area is 122 Å². The van der Waals surface area contributed by atoms with Crippen LogP contribution in [-0.2, 0) is 0 Å². The van der Waals surface area contributed by atoms with Crippen molar-refractivity contribution in [3.05, 3.63) is 27.7 Å². The van der Waals surface area contributed by atoms with Gasteiger partial charge in [0.2, 0.25) is 0 Å². The zero-order chi connectivity index (χ0) is 13.0. The van der Waals surface area contributed by atoms with Gasteiger partial charge in [-0.15, -0.1) is 0 Å². The zero-order valence-corrected chi connectivity index (χ0v) is 12.7. The summed E-state index contributed by atoms with van der Waals surface area (Å²) < 4.78 is 0.963. The average molecular weight is 333 g/mol. The third-order valence-electron chi connectivity index (χ3n) is 3.54. The lowest BCUT2D eigenvalue weighted by molar-refractivity contribution is 0.155. The third-order valence-corrected chi connectivity index (χ3v) is 4.35. The normalized spacial score (nSPS) is 17.9. The number of aliphatic hydroxyl groups is 1. The molecule has 1 aromatic carbocycles. The first kappa shape index (κ1) is 14.2. The Morgan fingerprint density at radius 2 is 2.11 bits per heavy atom. The number of anilines is 1. The van der Waals surface area contributed by atoms with Crippen LogP contribution in [-0.4, -0.2) is 17.8 Å². The highest BCUT2D eigenvalue weighted by molar-refractivity contribution is 9.10. The van der Waals surface area contributed by atoms with Gasteiger partial charge in [-0.05, 0) is 30.5 Å². The van der Waals surface area contributed by atoms with Crippen molar-refractivity contribution in [2.75, 3.05) is 11.9 Å². The van der Waals surface area contributed by atoms with Crippen molar-refractivity contribution >= 4 is 33.2 Å². The fourth-order valence-corrected chi connectivity index (χ4v) is 3.32. The molecule has 0 amide bonds. The summed E-state index contributed by atoms with van der Waals surface area (Å²) in [5.41, 5.74) is 0.880. The van der Waals surface area contributed by atoms with Crippen LogP contribution < -0.4 is 5.32 Å². The van der Waals surface area contributed by atoms with E-state index >= 15 is 0 Å². The number of halogens is 2. The van der Waals surface area contributed by atoms with Crippen LogP contribution in [0.2, 0.25) is 5.02 Å². The van der Waals surface area contributed by atoms with Crippen LogP contribution in [0.25, 0.3) is 0 Å². The van der Waals surface area contributed by atoms with Crippen LogP contribution >= 0.6 is 27.5 Å². The minimum absolute atomic E-state index is 0.284. The van der Waals surface area contributed by atoms with Crippen LogP contribution in [0.5, 0.6) is 0 Å². The fraction of sp³-hybridized carbons (Fsp3) is 0.571. The van der Waals surface area contributed by atoms with E-state index in [1.165, 1.54) is 25.7 Å². The van der Waals surface area contributed by atoms with Crippen molar-refractivity contribution in [1.82, 2.24) is 0 Å². The maximum Gasteiger partial charge on any atom is 0.0715 e. The van der Waals surface area contributed by atoms with Crippen LogP contribution in [0.3, 0.4) is 0 Å². The van der Waals surface area contributed by atoms with E-state index in [0.29, 0.717) is 17.5 Å². The molecule has 2 nitrogen and oxygen atoms in total. The van der Waals surface area contributed by atoms with Gasteiger partial charge >= 0.3 is 0 Å². The van der Waals surface area contributed by atoms with E-state index in [1.54, 1.807) is 0 Å². The molecular formula is C14H19BrClNO. The van der Waals surface area contributed by atoms with Gasteiger partial charge in [-0.1, -0.05) is 53.2 Å². The molecule has 100 valence electrons. The SMILES string of the molecule is OC(CNc1ccc(Br)cc1Cl)CC1CCCC1. The molecule has 2 N–H and O–H groups in total. The van der Waals surface area contributed by atoms with E-state index < -0.39 is 0 Å². The lowest BCUT2D eigenvalue weighted by atomic mass is 10.00. The highest BCUT2D eigenvalue weighted by Gasteiger charge is 2.18. The predicted octanol–water partition coefficient (Wildman–Crippen LogP) is 4.46. The quantitative estimate of drug-likeness (QED) is 0.834. The van der Waals surface area contributed by atoms with Gasteiger partial charge in [0.15, 0.2) is 0 Å². The molecule has 1 aliphatic rings. The first-order valence-electron chi connectivity index (χ1n) is 6.52. The van der Waals surface area contributed by atoms with E-state index in [9.17, 15) is 5.11 Å². The molecule has 1 fully saturated rings. The van der Waals surface area contributed by atoms with Gasteiger partial charge in [0.25, 0.3) is 0 Å². The average Bonchev–Trinajstić information content (AvgIpc) is 2.80. The van der Waals surface area contributed by atoms with Crippen molar-refractivity contribution < 1.29 is 5.11 Å². The van der Waals surface area contributed by atoms with E-state index in [1.807, 2.05) is 18.2 Å². The second kappa shape index (κ2) is 6.78. The van der Waals surface area contributed by atoms with Gasteiger partial charge in [-0.3, -0.25) is 0 Å². The fourth-order valence-electron chi connectivity index (χ4n) is 2.57. The molecule has 1 aliphatic carbocycles. The number of aliphatic hydroxyl groups excluding tert-OH is 1. The minimum atomic E-state index is -0.284. The Morgan fingerprint density at radius 1 is 1.39 bits per heavy atom. The molecule has 18 heavy (non-hydrogen) atoms. The van der Waals surface area contributed by atoms with E-state index in [0.717, 1.165) is 16.6 Å². The summed E-state index contributed by atoms with van der Waals surface area (Å²) in [7, 11) is 0. The Morgan fingerprint density at radius 3 is 2.78 bits per heavy atom. The highest BCUT2D eigenvalue weighted by atomic mass is 79.9. The topological polar surface area (TPSA) is 32.3 Å². The minimum Gasteiger partial charge on any atom is -0.391 e. The molecule has 0 heterocycles. The Hall–Kier alpha value is -0.250. The van der Waals surface area contributed by atoms with Gasteiger partial charge in [-0.2, -0.15) is 0 Å². The molecule has 2 rings (SSSR count).